The zero-order valence-electron chi connectivity index (χ0n) is 16.8. The Morgan fingerprint density at radius 1 is 0.900 bits per heavy atom. The Kier molecular flexibility index (Phi) is 5.13. The highest BCUT2D eigenvalue weighted by Crippen LogP contribution is 2.29. The van der Waals surface area contributed by atoms with Gasteiger partial charge in [-0.05, 0) is 36.1 Å². The van der Waals surface area contributed by atoms with Gasteiger partial charge in [0, 0.05) is 35.8 Å². The largest absolute Gasteiger partial charge is 0.326 e. The first-order chi connectivity index (χ1) is 14.8. The molecule has 5 rings (SSSR count). The second-order valence-electron chi connectivity index (χ2n) is 7.75. The van der Waals surface area contributed by atoms with E-state index in [-0.39, 0.29) is 0 Å². The zero-order valence-corrected chi connectivity index (χ0v) is 16.8. The lowest BCUT2D eigenvalue weighted by atomic mass is 10.1. The second-order valence-corrected chi connectivity index (χ2v) is 7.75. The van der Waals surface area contributed by atoms with Crippen LogP contribution < -0.4 is 16.4 Å². The topological polar surface area (TPSA) is 75.9 Å². The fraction of sp³-hybridized carbons (Fsp3) is 0.200. The van der Waals surface area contributed by atoms with E-state index in [4.69, 9.17) is 15.7 Å². The van der Waals surface area contributed by atoms with Crippen LogP contribution >= 0.6 is 0 Å². The molecule has 0 unspecified atom stereocenters. The number of nitrogens with zero attached hydrogens (tertiary/aromatic N) is 2. The molecule has 0 aliphatic heterocycles. The van der Waals surface area contributed by atoms with E-state index >= 15 is 0 Å². The summed E-state index contributed by atoms with van der Waals surface area (Å²) < 4.78 is 0. The van der Waals surface area contributed by atoms with Gasteiger partial charge in [-0.1, -0.05) is 60.7 Å². The van der Waals surface area contributed by atoms with Crippen molar-refractivity contribution in [3.05, 3.63) is 83.9 Å². The van der Waals surface area contributed by atoms with Gasteiger partial charge in [0.05, 0.1) is 11.2 Å². The van der Waals surface area contributed by atoms with E-state index in [0.29, 0.717) is 18.5 Å². The van der Waals surface area contributed by atoms with Gasteiger partial charge in [-0.2, -0.15) is 0 Å². The van der Waals surface area contributed by atoms with Gasteiger partial charge in [-0.3, -0.25) is 0 Å². The molecule has 0 saturated heterocycles. The summed E-state index contributed by atoms with van der Waals surface area (Å²) in [4.78, 5) is 9.68. The highest BCUT2D eigenvalue weighted by Gasteiger charge is 2.20. The first kappa shape index (κ1) is 18.7. The maximum Gasteiger partial charge on any atom is 0.228 e. The Morgan fingerprint density at radius 2 is 1.70 bits per heavy atom. The molecule has 4 N–H and O–H groups in total. The maximum atomic E-state index is 5.89. The van der Waals surface area contributed by atoms with Crippen molar-refractivity contribution in [1.29, 1.82) is 0 Å². The minimum Gasteiger partial charge on any atom is -0.326 e. The highest BCUT2D eigenvalue weighted by atomic mass is 15.1. The predicted octanol–water partition coefficient (Wildman–Crippen LogP) is 4.75. The van der Waals surface area contributed by atoms with E-state index in [9.17, 15) is 0 Å². The molecule has 0 bridgehead atoms. The van der Waals surface area contributed by atoms with Crippen LogP contribution in [0.1, 0.15) is 24.0 Å². The molecular formula is C25H25N5. The van der Waals surface area contributed by atoms with Crippen LogP contribution in [0, 0.1) is 0 Å². The van der Waals surface area contributed by atoms with Gasteiger partial charge in [0.15, 0.2) is 0 Å². The Labute approximate surface area is 176 Å². The van der Waals surface area contributed by atoms with E-state index < -0.39 is 0 Å². The van der Waals surface area contributed by atoms with Gasteiger partial charge < -0.3 is 16.4 Å². The third-order valence-corrected chi connectivity index (χ3v) is 5.47. The normalized spacial score (nSPS) is 13.5. The number of hydrogen-bond acceptors (Lipinski definition) is 5. The minimum absolute atomic E-state index is 0.499. The van der Waals surface area contributed by atoms with Crippen molar-refractivity contribution in [2.24, 2.45) is 5.73 Å². The molecule has 1 aromatic heterocycles. The van der Waals surface area contributed by atoms with Crippen molar-refractivity contribution in [1.82, 2.24) is 15.3 Å². The van der Waals surface area contributed by atoms with E-state index in [1.807, 2.05) is 36.4 Å². The Morgan fingerprint density at radius 3 is 2.50 bits per heavy atom. The standard InChI is InChI=1S/C25H25N5/c26-15-17-10-11-19(16-27-20-12-13-20)23(14-17)29-25-28-22-9-5-4-8-21(22)24(30-25)18-6-2-1-3-7-18/h1-11,14,20,27H,12-13,15-16,26H2,(H,28,29,30). The Bertz CT molecular complexity index is 1170. The van der Waals surface area contributed by atoms with Crippen molar-refractivity contribution >= 4 is 22.5 Å². The van der Waals surface area contributed by atoms with Gasteiger partial charge in [0.2, 0.25) is 5.95 Å². The molecule has 0 spiro atoms. The van der Waals surface area contributed by atoms with Crippen molar-refractivity contribution < 1.29 is 0 Å². The van der Waals surface area contributed by atoms with Crippen LogP contribution in [-0.2, 0) is 13.1 Å². The maximum absolute atomic E-state index is 5.89. The van der Waals surface area contributed by atoms with Crippen LogP contribution in [0.25, 0.3) is 22.2 Å². The fourth-order valence-electron chi connectivity index (χ4n) is 3.63. The molecule has 1 saturated carbocycles. The zero-order chi connectivity index (χ0) is 20.3. The number of aromatic nitrogens is 2. The first-order valence-electron chi connectivity index (χ1n) is 10.4. The molecule has 5 heteroatoms. The van der Waals surface area contributed by atoms with Crippen molar-refractivity contribution in [2.75, 3.05) is 5.32 Å². The smallest absolute Gasteiger partial charge is 0.228 e. The molecule has 1 aliphatic carbocycles. The second kappa shape index (κ2) is 8.22. The van der Waals surface area contributed by atoms with Crippen LogP contribution in [0.3, 0.4) is 0 Å². The van der Waals surface area contributed by atoms with E-state index in [2.05, 4.69) is 47.0 Å². The third kappa shape index (κ3) is 4.03. The van der Waals surface area contributed by atoms with E-state index in [1.54, 1.807) is 0 Å². The molecule has 0 amide bonds. The predicted molar refractivity (Wildman–Crippen MR) is 122 cm³/mol. The number of fused-ring (bicyclic) bond motifs is 1. The van der Waals surface area contributed by atoms with Crippen LogP contribution in [0.2, 0.25) is 0 Å². The van der Waals surface area contributed by atoms with Crippen molar-refractivity contribution in [2.45, 2.75) is 32.0 Å². The number of nitrogens with one attached hydrogen (secondary N) is 2. The molecule has 3 aromatic carbocycles. The molecule has 0 radical (unpaired) electrons. The van der Waals surface area contributed by atoms with Gasteiger partial charge in [-0.25, -0.2) is 9.97 Å². The number of benzene rings is 3. The molecule has 0 atom stereocenters. The minimum atomic E-state index is 0.499. The quantitative estimate of drug-likeness (QED) is 0.421. The summed E-state index contributed by atoms with van der Waals surface area (Å²) in [5, 5.41) is 8.11. The first-order valence-corrected chi connectivity index (χ1v) is 10.4. The van der Waals surface area contributed by atoms with E-state index in [0.717, 1.165) is 40.0 Å². The molecular weight excluding hydrogens is 370 g/mol. The monoisotopic (exact) mass is 395 g/mol. The van der Waals surface area contributed by atoms with Crippen LogP contribution in [-0.4, -0.2) is 16.0 Å². The lowest BCUT2D eigenvalue weighted by Crippen LogP contribution is -2.16. The number of nitrogens with two attached hydrogens (primary N) is 1. The lowest BCUT2D eigenvalue weighted by molar-refractivity contribution is 0.688. The fourth-order valence-corrected chi connectivity index (χ4v) is 3.63. The summed E-state index contributed by atoms with van der Waals surface area (Å²) in [6.45, 7) is 1.32. The summed E-state index contributed by atoms with van der Waals surface area (Å²) in [6, 6.07) is 25.4. The van der Waals surface area contributed by atoms with Crippen molar-refractivity contribution in [3.8, 4) is 11.3 Å². The van der Waals surface area contributed by atoms with Gasteiger partial charge in [-0.15, -0.1) is 0 Å². The molecule has 1 heterocycles. The molecule has 30 heavy (non-hydrogen) atoms. The van der Waals surface area contributed by atoms with Gasteiger partial charge >= 0.3 is 0 Å². The molecule has 1 fully saturated rings. The van der Waals surface area contributed by atoms with Gasteiger partial charge in [0.25, 0.3) is 0 Å². The Balaban J connectivity index is 1.55. The summed E-state index contributed by atoms with van der Waals surface area (Å²) in [5.41, 5.74) is 12.1. The van der Waals surface area contributed by atoms with Crippen LogP contribution in [0.4, 0.5) is 11.6 Å². The third-order valence-electron chi connectivity index (χ3n) is 5.47. The van der Waals surface area contributed by atoms with Crippen molar-refractivity contribution in [3.63, 3.8) is 0 Å². The van der Waals surface area contributed by atoms with Crippen LogP contribution in [0.5, 0.6) is 0 Å². The highest BCUT2D eigenvalue weighted by molar-refractivity contribution is 5.93. The van der Waals surface area contributed by atoms with Crippen LogP contribution in [0.15, 0.2) is 72.8 Å². The molecule has 5 nitrogen and oxygen atoms in total. The molecule has 1 aliphatic rings. The number of para-hydroxylation sites is 1. The molecule has 150 valence electrons. The summed E-state index contributed by atoms with van der Waals surface area (Å²) in [5.74, 6) is 0.592. The average Bonchev–Trinajstić information content (AvgIpc) is 3.63. The summed E-state index contributed by atoms with van der Waals surface area (Å²) in [6.07, 6.45) is 2.52. The SMILES string of the molecule is NCc1ccc(CNC2CC2)c(Nc2nc(-c3ccccc3)c3ccccc3n2)c1. The number of rotatable bonds is 7. The molecule has 4 aromatic rings. The number of hydrogen-bond donors (Lipinski definition) is 3. The van der Waals surface area contributed by atoms with Gasteiger partial charge in [0.1, 0.15) is 0 Å². The Hall–Kier alpha value is -3.28. The average molecular weight is 396 g/mol. The number of anilines is 2. The summed E-state index contributed by atoms with van der Waals surface area (Å²) >= 11 is 0. The summed E-state index contributed by atoms with van der Waals surface area (Å²) in [7, 11) is 0. The van der Waals surface area contributed by atoms with E-state index in [1.165, 1.54) is 18.4 Å². The lowest BCUT2D eigenvalue weighted by Gasteiger charge is -2.15.